The van der Waals surface area contributed by atoms with Crippen LogP contribution < -0.4 is 10.0 Å². The zero-order chi connectivity index (χ0) is 26.8. The maximum Gasteiger partial charge on any atom is 0.269 e. The van der Waals surface area contributed by atoms with Gasteiger partial charge in [-0.05, 0) is 73.9 Å². The van der Waals surface area contributed by atoms with Crippen molar-refractivity contribution in [3.05, 3.63) is 88.6 Å². The van der Waals surface area contributed by atoms with Crippen LogP contribution in [0.25, 0.3) is 10.9 Å². The van der Waals surface area contributed by atoms with Gasteiger partial charge in [-0.3, -0.25) is 4.79 Å². The molecule has 194 valence electrons. The van der Waals surface area contributed by atoms with E-state index in [0.29, 0.717) is 22.3 Å². The van der Waals surface area contributed by atoms with Crippen molar-refractivity contribution >= 4 is 48.3 Å². The minimum absolute atomic E-state index is 0.0789. The molecule has 0 spiro atoms. The predicted octanol–water partition coefficient (Wildman–Crippen LogP) is 4.37. The Morgan fingerprint density at radius 3 is 2.22 bits per heavy atom. The maximum absolute atomic E-state index is 13.8. The molecular weight excluding hydrogens is 534 g/mol. The summed E-state index contributed by atoms with van der Waals surface area (Å²) < 4.78 is 54.7. The number of aromatic amines is 1. The van der Waals surface area contributed by atoms with Crippen LogP contribution in [0.3, 0.4) is 0 Å². The molecule has 11 heteroatoms. The number of fused-ring (bicyclic) bond motifs is 1. The Morgan fingerprint density at radius 2 is 1.54 bits per heavy atom. The number of carbonyl (C=O) groups excluding carboxylic acids is 1. The molecule has 1 heterocycles. The van der Waals surface area contributed by atoms with E-state index in [0.717, 1.165) is 11.1 Å². The highest BCUT2D eigenvalue weighted by atomic mass is 35.5. The van der Waals surface area contributed by atoms with Gasteiger partial charge in [-0.25, -0.2) is 21.6 Å². The Morgan fingerprint density at radius 1 is 0.865 bits per heavy atom. The minimum atomic E-state index is -4.09. The van der Waals surface area contributed by atoms with E-state index in [1.54, 1.807) is 56.3 Å². The molecule has 4 aromatic rings. The molecule has 3 aromatic carbocycles. The monoisotopic (exact) mass is 559 g/mol. The third-order valence-corrected chi connectivity index (χ3v) is 9.23. The lowest BCUT2D eigenvalue weighted by Crippen LogP contribution is -2.30. The lowest BCUT2D eigenvalue weighted by Gasteiger charge is -2.10. The Kier molecular flexibility index (Phi) is 7.75. The van der Waals surface area contributed by atoms with Crippen molar-refractivity contribution in [2.24, 2.45) is 0 Å². The zero-order valence-corrected chi connectivity index (χ0v) is 22.6. The molecule has 1 aromatic heterocycles. The second-order valence-electron chi connectivity index (χ2n) is 8.67. The number of hydrogen-bond acceptors (Lipinski definition) is 5. The highest BCUT2D eigenvalue weighted by Crippen LogP contribution is 2.34. The van der Waals surface area contributed by atoms with Gasteiger partial charge in [0, 0.05) is 29.0 Å². The number of hydrogen-bond donors (Lipinski definition) is 3. The number of sulfonamides is 1. The van der Waals surface area contributed by atoms with Crippen LogP contribution in [-0.4, -0.2) is 40.8 Å². The summed E-state index contributed by atoms with van der Waals surface area (Å²) in [7, 11) is -7.75. The molecular formula is C26H26ClN3O5S2. The van der Waals surface area contributed by atoms with Gasteiger partial charge in [-0.2, -0.15) is 0 Å². The summed E-state index contributed by atoms with van der Waals surface area (Å²) >= 11 is 6.16. The first kappa shape index (κ1) is 26.9. The summed E-state index contributed by atoms with van der Waals surface area (Å²) in [5, 5.41) is 3.33. The highest BCUT2D eigenvalue weighted by molar-refractivity contribution is 7.91. The smallest absolute Gasteiger partial charge is 0.269 e. The van der Waals surface area contributed by atoms with Crippen molar-refractivity contribution < 1.29 is 21.6 Å². The van der Waals surface area contributed by atoms with Crippen LogP contribution in [0.4, 0.5) is 0 Å². The number of rotatable bonds is 9. The molecule has 4 rings (SSSR count). The molecule has 0 saturated carbocycles. The first-order valence-electron chi connectivity index (χ1n) is 11.5. The number of carbonyl (C=O) groups is 1. The van der Waals surface area contributed by atoms with Crippen LogP contribution in [0.2, 0.25) is 5.02 Å². The van der Waals surface area contributed by atoms with Gasteiger partial charge in [0.25, 0.3) is 5.91 Å². The summed E-state index contributed by atoms with van der Waals surface area (Å²) in [6.45, 7) is 3.82. The van der Waals surface area contributed by atoms with Gasteiger partial charge >= 0.3 is 0 Å². The summed E-state index contributed by atoms with van der Waals surface area (Å²) in [5.41, 5.74) is 1.90. The van der Waals surface area contributed by atoms with Crippen LogP contribution in [0.1, 0.15) is 28.0 Å². The molecule has 1 amide bonds. The molecule has 3 N–H and O–H groups in total. The third kappa shape index (κ3) is 5.88. The molecule has 0 radical (unpaired) electrons. The van der Waals surface area contributed by atoms with Gasteiger partial charge < -0.3 is 10.3 Å². The summed E-state index contributed by atoms with van der Waals surface area (Å²) in [6.07, 6.45) is 0.295. The number of aromatic nitrogens is 1. The summed E-state index contributed by atoms with van der Waals surface area (Å²) in [5.74, 6) is -0.624. The number of amides is 1. The fourth-order valence-electron chi connectivity index (χ4n) is 4.05. The topological polar surface area (TPSA) is 125 Å². The summed E-state index contributed by atoms with van der Waals surface area (Å²) in [6, 6.07) is 17.7. The van der Waals surface area contributed by atoms with E-state index in [-0.39, 0.29) is 33.5 Å². The van der Waals surface area contributed by atoms with Crippen molar-refractivity contribution in [3.8, 4) is 0 Å². The fourth-order valence-corrected chi connectivity index (χ4v) is 7.11. The van der Waals surface area contributed by atoms with Crippen LogP contribution in [0, 0.1) is 13.8 Å². The van der Waals surface area contributed by atoms with Crippen molar-refractivity contribution in [2.45, 2.75) is 35.0 Å². The second kappa shape index (κ2) is 10.7. The number of halogens is 1. The van der Waals surface area contributed by atoms with Gasteiger partial charge in [0.05, 0.1) is 9.79 Å². The van der Waals surface area contributed by atoms with E-state index in [1.165, 1.54) is 18.2 Å². The van der Waals surface area contributed by atoms with Crippen molar-refractivity contribution in [3.63, 3.8) is 0 Å². The molecule has 0 aliphatic carbocycles. The zero-order valence-electron chi connectivity index (χ0n) is 20.2. The molecule has 37 heavy (non-hydrogen) atoms. The maximum atomic E-state index is 13.8. The summed E-state index contributed by atoms with van der Waals surface area (Å²) in [4.78, 5) is 16.1. The predicted molar refractivity (Wildman–Crippen MR) is 143 cm³/mol. The van der Waals surface area contributed by atoms with Crippen LogP contribution >= 0.6 is 11.6 Å². The fraction of sp³-hybridized carbons (Fsp3) is 0.192. The molecule has 0 fully saturated rings. The van der Waals surface area contributed by atoms with Gasteiger partial charge in [0.1, 0.15) is 10.6 Å². The number of sulfone groups is 1. The molecule has 0 atom stereocenters. The number of benzene rings is 3. The highest BCUT2D eigenvalue weighted by Gasteiger charge is 2.30. The normalized spacial score (nSPS) is 12.1. The van der Waals surface area contributed by atoms with Crippen molar-refractivity contribution in [1.29, 1.82) is 0 Å². The van der Waals surface area contributed by atoms with Gasteiger partial charge in [-0.15, -0.1) is 0 Å². The van der Waals surface area contributed by atoms with E-state index < -0.39 is 25.8 Å². The quantitative estimate of drug-likeness (QED) is 0.263. The molecule has 0 aliphatic heterocycles. The second-order valence-corrected chi connectivity index (χ2v) is 12.8. The lowest BCUT2D eigenvalue weighted by atomic mass is 10.2. The molecule has 0 aliphatic rings. The van der Waals surface area contributed by atoms with Crippen molar-refractivity contribution in [1.82, 2.24) is 15.0 Å². The number of nitrogens with one attached hydrogen (secondary N) is 3. The first-order chi connectivity index (χ1) is 17.5. The van der Waals surface area contributed by atoms with Gasteiger partial charge in [0.2, 0.25) is 19.9 Å². The van der Waals surface area contributed by atoms with Gasteiger partial charge in [0.15, 0.2) is 0 Å². The first-order valence-corrected chi connectivity index (χ1v) is 14.8. The average molecular weight is 560 g/mol. The largest absolute Gasteiger partial charge is 0.351 e. The van der Waals surface area contributed by atoms with Crippen LogP contribution in [0.15, 0.2) is 81.4 Å². The Hall–Kier alpha value is -3.18. The minimum Gasteiger partial charge on any atom is -0.351 e. The standard InChI is InChI=1S/C26H26ClN3O5S2/c1-17-13-18(2)15-21(14-17)36(32,33)25-22-16-19(27)9-10-23(22)30-24(25)26(31)28-11-6-12-29-37(34,35)20-7-4-3-5-8-20/h3-5,7-10,13-16,29-30H,6,11-12H2,1-2H3,(H,28,31). The van der Waals surface area contributed by atoms with Gasteiger partial charge in [-0.1, -0.05) is 35.9 Å². The number of aryl methyl sites for hydroxylation is 2. The van der Waals surface area contributed by atoms with Crippen LogP contribution in [0.5, 0.6) is 0 Å². The van der Waals surface area contributed by atoms with Crippen LogP contribution in [-0.2, 0) is 19.9 Å². The molecule has 0 unspecified atom stereocenters. The van der Waals surface area contributed by atoms with Crippen molar-refractivity contribution in [2.75, 3.05) is 13.1 Å². The van der Waals surface area contributed by atoms with E-state index >= 15 is 0 Å². The average Bonchev–Trinajstić information content (AvgIpc) is 3.23. The SMILES string of the molecule is Cc1cc(C)cc(S(=O)(=O)c2c(C(=O)NCCCNS(=O)(=O)c3ccccc3)[nH]c3ccc(Cl)cc23)c1. The van der Waals surface area contributed by atoms with E-state index in [2.05, 4.69) is 15.0 Å². The molecule has 0 saturated heterocycles. The van der Waals surface area contributed by atoms with E-state index in [4.69, 9.17) is 11.6 Å². The molecule has 0 bridgehead atoms. The Labute approximate surface area is 221 Å². The third-order valence-electron chi connectivity index (χ3n) is 5.70. The Bertz CT molecular complexity index is 1660. The van der Waals surface area contributed by atoms with E-state index in [9.17, 15) is 21.6 Å². The Balaban J connectivity index is 1.56. The lowest BCUT2D eigenvalue weighted by molar-refractivity contribution is 0.0946. The van der Waals surface area contributed by atoms with E-state index in [1.807, 2.05) is 6.07 Å². The molecule has 8 nitrogen and oxygen atoms in total. The number of H-pyrrole nitrogens is 1.